The quantitative estimate of drug-likeness (QED) is 0.613. The normalized spacial score (nSPS) is 17.7. The summed E-state index contributed by atoms with van der Waals surface area (Å²) in [5.41, 5.74) is 0.794. The third-order valence-electron chi connectivity index (χ3n) is 5.53. The third-order valence-corrected chi connectivity index (χ3v) is 5.53. The molecule has 0 bridgehead atoms. The monoisotopic (exact) mass is 401 g/mol. The largest absolute Gasteiger partial charge is 0.497 e. The summed E-state index contributed by atoms with van der Waals surface area (Å²) >= 11 is 0. The summed E-state index contributed by atoms with van der Waals surface area (Å²) in [6.45, 7) is 0.429. The lowest BCUT2D eigenvalue weighted by Gasteiger charge is -2.23. The predicted molar refractivity (Wildman–Crippen MR) is 115 cm³/mol. The SMILES string of the molecule is COc1ccc(C(=O)C[C@]2(O)C(=O)N(CCc3ccccc3)c3ccccc32)cc1. The molecular weight excluding hydrogens is 378 g/mol. The van der Waals surface area contributed by atoms with Crippen LogP contribution in [0.2, 0.25) is 0 Å². The molecule has 1 heterocycles. The Bertz CT molecular complexity index is 1060. The van der Waals surface area contributed by atoms with Crippen LogP contribution in [0, 0.1) is 0 Å². The van der Waals surface area contributed by atoms with Gasteiger partial charge in [-0.15, -0.1) is 0 Å². The van der Waals surface area contributed by atoms with E-state index in [0.29, 0.717) is 35.5 Å². The van der Waals surface area contributed by atoms with Gasteiger partial charge in [-0.05, 0) is 42.3 Å². The second kappa shape index (κ2) is 8.13. The van der Waals surface area contributed by atoms with Gasteiger partial charge in [-0.25, -0.2) is 0 Å². The highest BCUT2D eigenvalue weighted by Gasteiger charge is 2.50. The van der Waals surface area contributed by atoms with Crippen LogP contribution >= 0.6 is 0 Å². The number of para-hydroxylation sites is 1. The molecule has 0 fully saturated rings. The summed E-state index contributed by atoms with van der Waals surface area (Å²) in [7, 11) is 1.55. The number of anilines is 1. The Kier molecular flexibility index (Phi) is 5.38. The highest BCUT2D eigenvalue weighted by Crippen LogP contribution is 2.42. The van der Waals surface area contributed by atoms with Crippen LogP contribution in [-0.4, -0.2) is 30.5 Å². The van der Waals surface area contributed by atoms with Gasteiger partial charge in [-0.1, -0.05) is 48.5 Å². The fraction of sp³-hybridized carbons (Fsp3) is 0.200. The number of hydrogen-bond donors (Lipinski definition) is 1. The summed E-state index contributed by atoms with van der Waals surface area (Å²) in [6.07, 6.45) is 0.348. The molecule has 5 heteroatoms. The number of hydrogen-bond acceptors (Lipinski definition) is 4. The summed E-state index contributed by atoms with van der Waals surface area (Å²) in [5, 5.41) is 11.4. The molecule has 1 amide bonds. The average molecular weight is 401 g/mol. The van der Waals surface area contributed by atoms with Gasteiger partial charge in [0.05, 0.1) is 19.2 Å². The first-order valence-corrected chi connectivity index (χ1v) is 9.88. The van der Waals surface area contributed by atoms with Gasteiger partial charge in [0, 0.05) is 17.7 Å². The van der Waals surface area contributed by atoms with Gasteiger partial charge < -0.3 is 14.7 Å². The maximum Gasteiger partial charge on any atom is 0.264 e. The van der Waals surface area contributed by atoms with Gasteiger partial charge >= 0.3 is 0 Å². The average Bonchev–Trinajstić information content (AvgIpc) is 3.00. The first-order chi connectivity index (χ1) is 14.5. The molecule has 1 atom stereocenters. The number of fused-ring (bicyclic) bond motifs is 1. The Labute approximate surface area is 175 Å². The van der Waals surface area contributed by atoms with Crippen molar-refractivity contribution >= 4 is 17.4 Å². The molecular formula is C25H23NO4. The number of ether oxygens (including phenoxy) is 1. The molecule has 0 aliphatic carbocycles. The summed E-state index contributed by atoms with van der Waals surface area (Å²) in [4.78, 5) is 27.7. The molecule has 1 N–H and O–H groups in total. The Morgan fingerprint density at radius 3 is 2.33 bits per heavy atom. The number of nitrogens with zero attached hydrogens (tertiary/aromatic N) is 1. The van der Waals surface area contributed by atoms with Crippen molar-refractivity contribution in [3.63, 3.8) is 0 Å². The molecule has 3 aromatic carbocycles. The number of Topliss-reactive ketones (excluding diaryl/α,β-unsaturated/α-hetero) is 1. The van der Waals surface area contributed by atoms with E-state index >= 15 is 0 Å². The number of benzene rings is 3. The van der Waals surface area contributed by atoms with Crippen molar-refractivity contribution < 1.29 is 19.4 Å². The Morgan fingerprint density at radius 2 is 1.63 bits per heavy atom. The molecule has 0 unspecified atom stereocenters. The number of rotatable bonds is 7. The number of amides is 1. The van der Waals surface area contributed by atoms with Crippen LogP contribution in [0.1, 0.15) is 27.9 Å². The highest BCUT2D eigenvalue weighted by molar-refractivity contribution is 6.10. The van der Waals surface area contributed by atoms with E-state index in [9.17, 15) is 14.7 Å². The van der Waals surface area contributed by atoms with E-state index in [1.165, 1.54) is 0 Å². The predicted octanol–water partition coefficient (Wildman–Crippen LogP) is 3.75. The second-order valence-corrected chi connectivity index (χ2v) is 7.40. The zero-order chi connectivity index (χ0) is 21.1. The van der Waals surface area contributed by atoms with E-state index in [-0.39, 0.29) is 12.2 Å². The molecule has 0 spiro atoms. The van der Waals surface area contributed by atoms with Crippen molar-refractivity contribution in [1.82, 2.24) is 0 Å². The summed E-state index contributed by atoms with van der Waals surface area (Å²) in [5.74, 6) is -0.116. The first kappa shape index (κ1) is 19.9. The molecule has 152 valence electrons. The number of methoxy groups -OCH3 is 1. The molecule has 0 saturated heterocycles. The second-order valence-electron chi connectivity index (χ2n) is 7.40. The van der Waals surface area contributed by atoms with Crippen molar-refractivity contribution in [2.75, 3.05) is 18.6 Å². The van der Waals surface area contributed by atoms with E-state index < -0.39 is 11.5 Å². The van der Waals surface area contributed by atoms with Gasteiger partial charge in [-0.3, -0.25) is 9.59 Å². The number of carbonyl (C=O) groups is 2. The van der Waals surface area contributed by atoms with E-state index in [1.807, 2.05) is 42.5 Å². The smallest absolute Gasteiger partial charge is 0.264 e. The Balaban J connectivity index is 1.59. The summed E-state index contributed by atoms with van der Waals surface area (Å²) in [6, 6.07) is 23.7. The van der Waals surface area contributed by atoms with Crippen molar-refractivity contribution in [3.05, 3.63) is 95.6 Å². The van der Waals surface area contributed by atoms with E-state index in [4.69, 9.17) is 4.74 Å². The van der Waals surface area contributed by atoms with Crippen LogP contribution in [0.4, 0.5) is 5.69 Å². The molecule has 30 heavy (non-hydrogen) atoms. The molecule has 1 aliphatic heterocycles. The molecule has 0 saturated carbocycles. The lowest BCUT2D eigenvalue weighted by molar-refractivity contribution is -0.135. The Morgan fingerprint density at radius 1 is 0.967 bits per heavy atom. The summed E-state index contributed by atoms with van der Waals surface area (Å²) < 4.78 is 5.12. The standard InChI is InChI=1S/C25H23NO4/c1-30-20-13-11-19(12-14-20)23(27)17-25(29)21-9-5-6-10-22(21)26(24(25)28)16-15-18-7-3-2-4-8-18/h2-14,29H,15-17H2,1H3/t25-/m1/s1. The molecule has 4 rings (SSSR count). The van der Waals surface area contributed by atoms with Crippen LogP contribution in [0.5, 0.6) is 5.75 Å². The molecule has 5 nitrogen and oxygen atoms in total. The zero-order valence-electron chi connectivity index (χ0n) is 16.7. The fourth-order valence-electron chi connectivity index (χ4n) is 3.90. The maximum absolute atomic E-state index is 13.3. The zero-order valence-corrected chi connectivity index (χ0v) is 16.7. The third kappa shape index (κ3) is 3.60. The van der Waals surface area contributed by atoms with Gasteiger partial charge in [0.2, 0.25) is 0 Å². The van der Waals surface area contributed by atoms with Gasteiger partial charge in [0.1, 0.15) is 5.75 Å². The van der Waals surface area contributed by atoms with Crippen LogP contribution in [0.3, 0.4) is 0 Å². The van der Waals surface area contributed by atoms with Crippen LogP contribution in [0.15, 0.2) is 78.9 Å². The minimum Gasteiger partial charge on any atom is -0.497 e. The first-order valence-electron chi connectivity index (χ1n) is 9.88. The topological polar surface area (TPSA) is 66.8 Å². The number of carbonyl (C=O) groups excluding carboxylic acids is 2. The molecule has 0 aromatic heterocycles. The fourth-order valence-corrected chi connectivity index (χ4v) is 3.90. The maximum atomic E-state index is 13.3. The van der Waals surface area contributed by atoms with E-state index in [0.717, 1.165) is 5.56 Å². The highest BCUT2D eigenvalue weighted by atomic mass is 16.5. The van der Waals surface area contributed by atoms with Crippen LogP contribution in [0.25, 0.3) is 0 Å². The van der Waals surface area contributed by atoms with Gasteiger partial charge in [-0.2, -0.15) is 0 Å². The molecule has 3 aromatic rings. The number of ketones is 1. The van der Waals surface area contributed by atoms with Crippen molar-refractivity contribution in [1.29, 1.82) is 0 Å². The molecule has 1 aliphatic rings. The van der Waals surface area contributed by atoms with Crippen molar-refractivity contribution in [3.8, 4) is 5.75 Å². The van der Waals surface area contributed by atoms with Crippen molar-refractivity contribution in [2.45, 2.75) is 18.4 Å². The Hall–Kier alpha value is -3.44. The van der Waals surface area contributed by atoms with E-state index in [2.05, 4.69) is 0 Å². The van der Waals surface area contributed by atoms with E-state index in [1.54, 1.807) is 48.4 Å². The van der Waals surface area contributed by atoms with Crippen LogP contribution in [-0.2, 0) is 16.8 Å². The molecule has 0 radical (unpaired) electrons. The van der Waals surface area contributed by atoms with Gasteiger partial charge in [0.15, 0.2) is 11.4 Å². The minimum absolute atomic E-state index is 0.298. The van der Waals surface area contributed by atoms with Crippen LogP contribution < -0.4 is 9.64 Å². The van der Waals surface area contributed by atoms with Gasteiger partial charge in [0.25, 0.3) is 5.91 Å². The lowest BCUT2D eigenvalue weighted by atomic mass is 9.88. The van der Waals surface area contributed by atoms with Crippen molar-refractivity contribution in [2.24, 2.45) is 0 Å². The lowest BCUT2D eigenvalue weighted by Crippen LogP contribution is -2.42. The minimum atomic E-state index is -1.87. The number of aliphatic hydroxyl groups is 1.